The van der Waals surface area contributed by atoms with Crippen LogP contribution in [0.5, 0.6) is 0 Å². The van der Waals surface area contributed by atoms with Gasteiger partial charge in [0, 0.05) is 6.04 Å². The van der Waals surface area contributed by atoms with Crippen LogP contribution in [0.3, 0.4) is 0 Å². The Morgan fingerprint density at radius 1 is 1.29 bits per heavy atom. The molecule has 1 heterocycles. The molecule has 3 nitrogen and oxygen atoms in total. The first-order chi connectivity index (χ1) is 8.25. The number of halogens is 1. The number of nitrogens with one attached hydrogen (secondary N) is 1. The highest BCUT2D eigenvalue weighted by molar-refractivity contribution is 6.03. The van der Waals surface area contributed by atoms with Crippen molar-refractivity contribution >= 4 is 17.3 Å². The van der Waals surface area contributed by atoms with E-state index in [-0.39, 0.29) is 17.8 Å². The maximum atomic E-state index is 13.3. The Balaban J connectivity index is 2.02. The fraction of sp³-hybridized carbons (Fsp3) is 0.462. The van der Waals surface area contributed by atoms with E-state index in [0.29, 0.717) is 12.2 Å². The number of anilines is 2. The van der Waals surface area contributed by atoms with E-state index in [1.165, 1.54) is 12.1 Å². The maximum absolute atomic E-state index is 13.3. The summed E-state index contributed by atoms with van der Waals surface area (Å²) in [6.45, 7) is 0.315. The molecular weight excluding hydrogens is 219 g/mol. The van der Waals surface area contributed by atoms with E-state index < -0.39 is 0 Å². The van der Waals surface area contributed by atoms with Crippen LogP contribution in [0.4, 0.5) is 15.8 Å². The molecule has 1 aliphatic heterocycles. The van der Waals surface area contributed by atoms with Gasteiger partial charge in [-0.2, -0.15) is 0 Å². The summed E-state index contributed by atoms with van der Waals surface area (Å²) in [5.74, 6) is -0.238. The van der Waals surface area contributed by atoms with Gasteiger partial charge < -0.3 is 10.2 Å². The standard InChI is InChI=1S/C13H15FN2O/c14-9-5-6-11-12(7-9)16(13(17)8-15-11)10-3-1-2-4-10/h5-7,10,15H,1-4,8H2. The molecule has 1 aliphatic carbocycles. The molecule has 1 N–H and O–H groups in total. The van der Waals surface area contributed by atoms with Crippen molar-refractivity contribution in [1.29, 1.82) is 0 Å². The molecule has 0 spiro atoms. The van der Waals surface area contributed by atoms with E-state index in [9.17, 15) is 9.18 Å². The number of carbonyl (C=O) groups is 1. The molecular formula is C13H15FN2O. The Hall–Kier alpha value is -1.58. The van der Waals surface area contributed by atoms with E-state index in [4.69, 9.17) is 0 Å². The fourth-order valence-corrected chi connectivity index (χ4v) is 2.81. The van der Waals surface area contributed by atoms with Crippen molar-refractivity contribution in [3.8, 4) is 0 Å². The summed E-state index contributed by atoms with van der Waals surface area (Å²) >= 11 is 0. The van der Waals surface area contributed by atoms with Crippen molar-refractivity contribution < 1.29 is 9.18 Å². The first-order valence-corrected chi connectivity index (χ1v) is 6.11. The lowest BCUT2D eigenvalue weighted by Crippen LogP contribution is -2.45. The maximum Gasteiger partial charge on any atom is 0.246 e. The summed E-state index contributed by atoms with van der Waals surface area (Å²) < 4.78 is 13.3. The molecule has 1 saturated carbocycles. The molecule has 0 unspecified atom stereocenters. The average molecular weight is 234 g/mol. The van der Waals surface area contributed by atoms with Crippen molar-refractivity contribution in [3.05, 3.63) is 24.0 Å². The number of nitrogens with zero attached hydrogens (tertiary/aromatic N) is 1. The molecule has 1 aromatic rings. The lowest BCUT2D eigenvalue weighted by Gasteiger charge is -2.34. The van der Waals surface area contributed by atoms with Crippen LogP contribution in [0.25, 0.3) is 0 Å². The number of amides is 1. The van der Waals surface area contributed by atoms with Gasteiger partial charge in [0.15, 0.2) is 0 Å². The van der Waals surface area contributed by atoms with Gasteiger partial charge >= 0.3 is 0 Å². The van der Waals surface area contributed by atoms with Gasteiger partial charge in [-0.1, -0.05) is 12.8 Å². The van der Waals surface area contributed by atoms with Crippen LogP contribution in [0, 0.1) is 5.82 Å². The molecule has 0 saturated heterocycles. The molecule has 3 rings (SSSR count). The summed E-state index contributed by atoms with van der Waals surface area (Å²) in [5.41, 5.74) is 1.56. The first kappa shape index (κ1) is 10.6. The summed E-state index contributed by atoms with van der Waals surface area (Å²) in [6, 6.07) is 4.84. The zero-order valence-electron chi connectivity index (χ0n) is 9.58. The normalized spacial score (nSPS) is 20.3. The highest BCUT2D eigenvalue weighted by Gasteiger charge is 2.32. The molecule has 2 aliphatic rings. The minimum Gasteiger partial charge on any atom is -0.374 e. The van der Waals surface area contributed by atoms with Crippen LogP contribution in [0.15, 0.2) is 18.2 Å². The van der Waals surface area contributed by atoms with Crippen molar-refractivity contribution in [1.82, 2.24) is 0 Å². The summed E-state index contributed by atoms with van der Waals surface area (Å²) in [6.07, 6.45) is 4.38. The molecule has 90 valence electrons. The van der Waals surface area contributed by atoms with Crippen LogP contribution >= 0.6 is 0 Å². The van der Waals surface area contributed by atoms with Gasteiger partial charge in [-0.3, -0.25) is 4.79 Å². The van der Waals surface area contributed by atoms with E-state index in [0.717, 1.165) is 31.4 Å². The second kappa shape index (κ2) is 4.02. The van der Waals surface area contributed by atoms with Crippen LogP contribution in [0.1, 0.15) is 25.7 Å². The summed E-state index contributed by atoms with van der Waals surface area (Å²) in [5, 5.41) is 3.04. The van der Waals surface area contributed by atoms with Crippen molar-refractivity contribution in [2.75, 3.05) is 16.8 Å². The number of fused-ring (bicyclic) bond motifs is 1. The molecule has 0 radical (unpaired) electrons. The monoisotopic (exact) mass is 234 g/mol. The molecule has 0 aromatic heterocycles. The third-order valence-electron chi connectivity index (χ3n) is 3.61. The zero-order chi connectivity index (χ0) is 11.8. The quantitative estimate of drug-likeness (QED) is 0.809. The van der Waals surface area contributed by atoms with Crippen LogP contribution < -0.4 is 10.2 Å². The fourth-order valence-electron chi connectivity index (χ4n) is 2.81. The SMILES string of the molecule is O=C1CNc2ccc(F)cc2N1C1CCCC1. The van der Waals surface area contributed by atoms with Gasteiger partial charge in [-0.25, -0.2) is 4.39 Å². The Kier molecular flexibility index (Phi) is 2.50. The van der Waals surface area contributed by atoms with E-state index >= 15 is 0 Å². The van der Waals surface area contributed by atoms with Gasteiger partial charge in [0.05, 0.1) is 17.9 Å². The average Bonchev–Trinajstić information content (AvgIpc) is 2.82. The van der Waals surface area contributed by atoms with Crippen LogP contribution in [-0.2, 0) is 4.79 Å². The number of hydrogen-bond acceptors (Lipinski definition) is 2. The highest BCUT2D eigenvalue weighted by atomic mass is 19.1. The second-order valence-corrected chi connectivity index (χ2v) is 4.72. The highest BCUT2D eigenvalue weighted by Crippen LogP contribution is 2.35. The van der Waals surface area contributed by atoms with Crippen molar-refractivity contribution in [3.63, 3.8) is 0 Å². The third-order valence-corrected chi connectivity index (χ3v) is 3.61. The minimum atomic E-state index is -0.289. The molecule has 0 bridgehead atoms. The number of hydrogen-bond donors (Lipinski definition) is 1. The molecule has 1 amide bonds. The van der Waals surface area contributed by atoms with Gasteiger partial charge in [-0.05, 0) is 31.0 Å². The smallest absolute Gasteiger partial charge is 0.246 e. The van der Waals surface area contributed by atoms with E-state index in [2.05, 4.69) is 5.32 Å². The number of rotatable bonds is 1. The van der Waals surface area contributed by atoms with Crippen LogP contribution in [-0.4, -0.2) is 18.5 Å². The number of benzene rings is 1. The Bertz CT molecular complexity index is 455. The van der Waals surface area contributed by atoms with E-state index in [1.54, 1.807) is 11.0 Å². The molecule has 4 heteroatoms. The lowest BCUT2D eigenvalue weighted by molar-refractivity contribution is -0.117. The minimum absolute atomic E-state index is 0.0509. The topological polar surface area (TPSA) is 32.3 Å². The van der Waals surface area contributed by atoms with Gasteiger partial charge in [-0.15, -0.1) is 0 Å². The Labute approximate surface area is 99.6 Å². The van der Waals surface area contributed by atoms with Gasteiger partial charge in [0.25, 0.3) is 0 Å². The van der Waals surface area contributed by atoms with Crippen molar-refractivity contribution in [2.45, 2.75) is 31.7 Å². The van der Waals surface area contributed by atoms with Gasteiger partial charge in [0.2, 0.25) is 5.91 Å². The molecule has 1 fully saturated rings. The zero-order valence-corrected chi connectivity index (χ0v) is 9.58. The second-order valence-electron chi connectivity index (χ2n) is 4.72. The molecule has 17 heavy (non-hydrogen) atoms. The first-order valence-electron chi connectivity index (χ1n) is 6.11. The lowest BCUT2D eigenvalue weighted by atomic mass is 10.1. The van der Waals surface area contributed by atoms with E-state index in [1.807, 2.05) is 0 Å². The van der Waals surface area contributed by atoms with Crippen molar-refractivity contribution in [2.24, 2.45) is 0 Å². The Morgan fingerprint density at radius 3 is 2.82 bits per heavy atom. The largest absolute Gasteiger partial charge is 0.374 e. The number of carbonyl (C=O) groups excluding carboxylic acids is 1. The summed E-state index contributed by atoms with van der Waals surface area (Å²) in [4.78, 5) is 13.8. The van der Waals surface area contributed by atoms with Gasteiger partial charge in [0.1, 0.15) is 5.82 Å². The predicted octanol–water partition coefficient (Wildman–Crippen LogP) is 2.53. The molecule has 1 aromatic carbocycles. The van der Waals surface area contributed by atoms with Crippen LogP contribution in [0.2, 0.25) is 0 Å². The Morgan fingerprint density at radius 2 is 2.06 bits per heavy atom. The third kappa shape index (κ3) is 1.77. The predicted molar refractivity (Wildman–Crippen MR) is 64.6 cm³/mol. The molecule has 0 atom stereocenters. The summed E-state index contributed by atoms with van der Waals surface area (Å²) in [7, 11) is 0.